The number of rotatable bonds is 6. The van der Waals surface area contributed by atoms with E-state index in [0.717, 1.165) is 43.6 Å². The molecule has 1 amide bonds. The molecule has 2 aliphatic heterocycles. The van der Waals surface area contributed by atoms with E-state index in [-0.39, 0.29) is 11.4 Å². The number of hydrogen-bond donors (Lipinski definition) is 2. The predicted octanol–water partition coefficient (Wildman–Crippen LogP) is 3.49. The van der Waals surface area contributed by atoms with Gasteiger partial charge in [0, 0.05) is 24.2 Å². The number of piperidine rings is 1. The van der Waals surface area contributed by atoms with Gasteiger partial charge in [0.25, 0.3) is 0 Å². The average molecular weight is 409 g/mol. The molecule has 6 heteroatoms. The Morgan fingerprint density at radius 1 is 1.13 bits per heavy atom. The van der Waals surface area contributed by atoms with Crippen molar-refractivity contribution >= 4 is 5.91 Å². The Balaban J connectivity index is 1.23. The van der Waals surface area contributed by atoms with Crippen LogP contribution in [0.5, 0.6) is 0 Å². The van der Waals surface area contributed by atoms with Gasteiger partial charge < -0.3 is 15.1 Å². The Morgan fingerprint density at radius 2 is 1.97 bits per heavy atom. The molecule has 1 aromatic heterocycles. The Kier molecular flexibility index (Phi) is 5.61. The van der Waals surface area contributed by atoms with Crippen LogP contribution in [0.1, 0.15) is 57.1 Å². The van der Waals surface area contributed by atoms with Crippen LogP contribution in [-0.2, 0) is 11.3 Å². The second-order valence-electron chi connectivity index (χ2n) is 9.18. The molecule has 0 bridgehead atoms. The van der Waals surface area contributed by atoms with Gasteiger partial charge in [0.1, 0.15) is 11.8 Å². The third kappa shape index (κ3) is 3.91. The molecule has 3 heterocycles. The van der Waals surface area contributed by atoms with E-state index in [1.165, 1.54) is 32.1 Å². The van der Waals surface area contributed by atoms with Crippen molar-refractivity contribution in [3.8, 4) is 11.5 Å². The van der Waals surface area contributed by atoms with Gasteiger partial charge in [-0.3, -0.25) is 9.69 Å². The van der Waals surface area contributed by atoms with E-state index in [2.05, 4.69) is 20.5 Å². The number of hydrogen-bond acceptors (Lipinski definition) is 5. The van der Waals surface area contributed by atoms with Crippen LogP contribution < -0.4 is 10.6 Å². The van der Waals surface area contributed by atoms with E-state index in [9.17, 15) is 4.79 Å². The third-order valence-corrected chi connectivity index (χ3v) is 7.15. The standard InChI is InChI=1S/C24H32N4O2/c29-23(25-15-21-17-30-22(27-21)18-8-2-1-3-9-18)24-12-6-7-13-28(24)16-20(14-24)26-19-10-4-5-11-19/h1-3,8-9,17,19-20,26H,4-7,10-16H2,(H,25,29)/t20-,24-/m0/s1. The predicted molar refractivity (Wildman–Crippen MR) is 116 cm³/mol. The lowest BCUT2D eigenvalue weighted by molar-refractivity contribution is -0.134. The van der Waals surface area contributed by atoms with E-state index in [0.29, 0.717) is 24.5 Å². The number of nitrogens with one attached hydrogen (secondary N) is 2. The van der Waals surface area contributed by atoms with Gasteiger partial charge in [-0.1, -0.05) is 31.0 Å². The maximum absolute atomic E-state index is 13.4. The maximum atomic E-state index is 13.4. The molecule has 30 heavy (non-hydrogen) atoms. The number of carbonyl (C=O) groups excluding carboxylic acids is 1. The molecule has 1 saturated carbocycles. The van der Waals surface area contributed by atoms with Crippen molar-refractivity contribution in [2.75, 3.05) is 13.1 Å². The van der Waals surface area contributed by atoms with Crippen LogP contribution in [-0.4, -0.2) is 46.5 Å². The highest BCUT2D eigenvalue weighted by atomic mass is 16.3. The fourth-order valence-corrected chi connectivity index (χ4v) is 5.65. The Hall–Kier alpha value is -2.18. The Morgan fingerprint density at radius 3 is 2.80 bits per heavy atom. The highest BCUT2D eigenvalue weighted by Crippen LogP contribution is 2.38. The minimum Gasteiger partial charge on any atom is -0.444 e. The second-order valence-corrected chi connectivity index (χ2v) is 9.18. The monoisotopic (exact) mass is 408 g/mol. The summed E-state index contributed by atoms with van der Waals surface area (Å²) >= 11 is 0. The Bertz CT molecular complexity index is 861. The molecule has 6 nitrogen and oxygen atoms in total. The Labute approximate surface area is 178 Å². The van der Waals surface area contributed by atoms with E-state index >= 15 is 0 Å². The summed E-state index contributed by atoms with van der Waals surface area (Å²) in [6.07, 6.45) is 11.1. The fraction of sp³-hybridized carbons (Fsp3) is 0.583. The summed E-state index contributed by atoms with van der Waals surface area (Å²) in [4.78, 5) is 20.4. The molecule has 160 valence electrons. The summed E-state index contributed by atoms with van der Waals surface area (Å²) in [5.74, 6) is 0.751. The number of carbonyl (C=O) groups is 1. The average Bonchev–Trinajstić information content (AvgIpc) is 3.52. The molecule has 2 atom stereocenters. The lowest BCUT2D eigenvalue weighted by Crippen LogP contribution is -2.57. The molecule has 0 unspecified atom stereocenters. The van der Waals surface area contributed by atoms with Crippen LogP contribution in [0.4, 0.5) is 0 Å². The maximum Gasteiger partial charge on any atom is 0.240 e. The number of amides is 1. The van der Waals surface area contributed by atoms with Crippen LogP contribution in [0.15, 0.2) is 41.0 Å². The van der Waals surface area contributed by atoms with Crippen molar-refractivity contribution in [1.29, 1.82) is 0 Å². The molecule has 0 radical (unpaired) electrons. The highest BCUT2D eigenvalue weighted by Gasteiger charge is 2.52. The second kappa shape index (κ2) is 8.52. The largest absolute Gasteiger partial charge is 0.444 e. The smallest absolute Gasteiger partial charge is 0.240 e. The van der Waals surface area contributed by atoms with Gasteiger partial charge in [-0.15, -0.1) is 0 Å². The quantitative estimate of drug-likeness (QED) is 0.766. The van der Waals surface area contributed by atoms with Gasteiger partial charge in [0.15, 0.2) is 0 Å². The van der Waals surface area contributed by atoms with Gasteiger partial charge in [0.2, 0.25) is 11.8 Å². The molecule has 2 saturated heterocycles. The number of nitrogens with zero attached hydrogens (tertiary/aromatic N) is 2. The zero-order chi connectivity index (χ0) is 20.4. The summed E-state index contributed by atoms with van der Waals surface area (Å²) in [6.45, 7) is 2.43. The van der Waals surface area contributed by atoms with Crippen LogP contribution >= 0.6 is 0 Å². The number of aromatic nitrogens is 1. The molecule has 1 aliphatic carbocycles. The van der Waals surface area contributed by atoms with E-state index in [1.807, 2.05) is 30.3 Å². The summed E-state index contributed by atoms with van der Waals surface area (Å²) in [5, 5.41) is 7.04. The normalized spacial score (nSPS) is 27.3. The van der Waals surface area contributed by atoms with Crippen molar-refractivity contribution in [3.63, 3.8) is 0 Å². The van der Waals surface area contributed by atoms with Crippen LogP contribution in [0, 0.1) is 0 Å². The molecule has 1 aromatic carbocycles. The lowest BCUT2D eigenvalue weighted by Gasteiger charge is -2.40. The molecule has 2 aromatic rings. The first-order valence-corrected chi connectivity index (χ1v) is 11.5. The molecule has 2 N–H and O–H groups in total. The zero-order valence-electron chi connectivity index (χ0n) is 17.6. The molecular weight excluding hydrogens is 376 g/mol. The molecule has 5 rings (SSSR count). The SMILES string of the molecule is O=C(NCc1coc(-c2ccccc2)n1)[C@@]12CCCCN1C[C@@H](NC1CCCC1)C2. The summed E-state index contributed by atoms with van der Waals surface area (Å²) in [5.41, 5.74) is 1.35. The van der Waals surface area contributed by atoms with Crippen LogP contribution in [0.3, 0.4) is 0 Å². The first-order chi connectivity index (χ1) is 14.7. The van der Waals surface area contributed by atoms with Gasteiger partial charge in [-0.2, -0.15) is 0 Å². The van der Waals surface area contributed by atoms with Crippen LogP contribution in [0.25, 0.3) is 11.5 Å². The summed E-state index contributed by atoms with van der Waals surface area (Å²) in [6, 6.07) is 10.9. The molecular formula is C24H32N4O2. The van der Waals surface area contributed by atoms with Crippen molar-refractivity contribution in [2.45, 2.75) is 75.5 Å². The van der Waals surface area contributed by atoms with Crippen molar-refractivity contribution < 1.29 is 9.21 Å². The van der Waals surface area contributed by atoms with E-state index < -0.39 is 0 Å². The topological polar surface area (TPSA) is 70.4 Å². The minimum atomic E-state index is -0.361. The van der Waals surface area contributed by atoms with Crippen molar-refractivity contribution in [3.05, 3.63) is 42.3 Å². The van der Waals surface area contributed by atoms with Gasteiger partial charge >= 0.3 is 0 Å². The minimum absolute atomic E-state index is 0.155. The van der Waals surface area contributed by atoms with E-state index in [4.69, 9.17) is 4.42 Å². The fourth-order valence-electron chi connectivity index (χ4n) is 5.65. The van der Waals surface area contributed by atoms with Crippen molar-refractivity contribution in [1.82, 2.24) is 20.5 Å². The third-order valence-electron chi connectivity index (χ3n) is 7.15. The lowest BCUT2D eigenvalue weighted by atomic mass is 9.84. The molecule has 0 spiro atoms. The number of oxazole rings is 1. The number of fused-ring (bicyclic) bond motifs is 1. The molecule has 3 fully saturated rings. The highest BCUT2D eigenvalue weighted by molar-refractivity contribution is 5.87. The molecule has 3 aliphatic rings. The van der Waals surface area contributed by atoms with Crippen LogP contribution in [0.2, 0.25) is 0 Å². The van der Waals surface area contributed by atoms with Crippen molar-refractivity contribution in [2.24, 2.45) is 0 Å². The van der Waals surface area contributed by atoms with Gasteiger partial charge in [0.05, 0.1) is 12.2 Å². The number of benzene rings is 1. The zero-order valence-corrected chi connectivity index (χ0v) is 17.6. The first kappa shape index (κ1) is 19.8. The van der Waals surface area contributed by atoms with Gasteiger partial charge in [-0.25, -0.2) is 4.98 Å². The van der Waals surface area contributed by atoms with Gasteiger partial charge in [-0.05, 0) is 57.2 Å². The summed E-state index contributed by atoms with van der Waals surface area (Å²) in [7, 11) is 0. The summed E-state index contributed by atoms with van der Waals surface area (Å²) < 4.78 is 5.62. The first-order valence-electron chi connectivity index (χ1n) is 11.5. The van der Waals surface area contributed by atoms with E-state index in [1.54, 1.807) is 6.26 Å².